The Morgan fingerprint density at radius 2 is 2.08 bits per heavy atom. The summed E-state index contributed by atoms with van der Waals surface area (Å²) in [7, 11) is 3.30. The molecule has 1 saturated heterocycles. The van der Waals surface area contributed by atoms with Gasteiger partial charge in [-0.15, -0.1) is 0 Å². The predicted octanol–water partition coefficient (Wildman–Crippen LogP) is 0.899. The van der Waals surface area contributed by atoms with Gasteiger partial charge in [0.15, 0.2) is 5.65 Å². The Bertz CT molecular complexity index is 829. The van der Waals surface area contributed by atoms with Gasteiger partial charge in [-0.3, -0.25) is 9.48 Å². The second-order valence-electron chi connectivity index (χ2n) is 6.12. The number of aromatic nitrogens is 3. The molecule has 1 N–H and O–H groups in total. The number of pyridine rings is 1. The van der Waals surface area contributed by atoms with Crippen LogP contribution in [0.25, 0.3) is 11.0 Å². The van der Waals surface area contributed by atoms with E-state index < -0.39 is 12.0 Å². The summed E-state index contributed by atoms with van der Waals surface area (Å²) < 4.78 is 6.89. The van der Waals surface area contributed by atoms with Gasteiger partial charge in [-0.1, -0.05) is 0 Å². The molecule has 128 valence electrons. The number of nitrogens with zero attached hydrogens (tertiary/aromatic N) is 4. The van der Waals surface area contributed by atoms with Crippen molar-refractivity contribution in [2.24, 2.45) is 7.05 Å². The Hall–Kier alpha value is -2.48. The van der Waals surface area contributed by atoms with Gasteiger partial charge >= 0.3 is 5.97 Å². The molecule has 0 aliphatic carbocycles. The standard InChI is InChI=1S/C16H20N4O4/c1-8-5-11(13-9(2)18-19(3)14(13)17-8)15(21)20-7-10(24-4)6-12(20)16(22)23/h5,10,12H,6-7H2,1-4H3,(H,22,23). The van der Waals surface area contributed by atoms with Crippen molar-refractivity contribution >= 4 is 22.9 Å². The Kier molecular flexibility index (Phi) is 4.00. The van der Waals surface area contributed by atoms with Crippen LogP contribution < -0.4 is 0 Å². The molecule has 2 aromatic rings. The van der Waals surface area contributed by atoms with Crippen LogP contribution in [0.5, 0.6) is 0 Å². The Labute approximate surface area is 139 Å². The van der Waals surface area contributed by atoms with Gasteiger partial charge in [0.25, 0.3) is 5.91 Å². The first kappa shape index (κ1) is 16.4. The quantitative estimate of drug-likeness (QED) is 0.897. The van der Waals surface area contributed by atoms with Gasteiger partial charge in [0.1, 0.15) is 6.04 Å². The summed E-state index contributed by atoms with van der Waals surface area (Å²) in [5, 5.41) is 14.4. The van der Waals surface area contributed by atoms with Crippen molar-refractivity contribution in [3.8, 4) is 0 Å². The molecule has 0 aromatic carbocycles. The number of carboxylic acids is 1. The minimum absolute atomic E-state index is 0.258. The number of fused-ring (bicyclic) bond motifs is 1. The summed E-state index contributed by atoms with van der Waals surface area (Å²) in [6, 6.07) is 0.807. The van der Waals surface area contributed by atoms with Gasteiger partial charge in [-0.05, 0) is 19.9 Å². The fourth-order valence-electron chi connectivity index (χ4n) is 3.32. The summed E-state index contributed by atoms with van der Waals surface area (Å²) >= 11 is 0. The third-order valence-electron chi connectivity index (χ3n) is 4.47. The second-order valence-corrected chi connectivity index (χ2v) is 6.12. The topological polar surface area (TPSA) is 97.6 Å². The number of hydrogen-bond donors (Lipinski definition) is 1. The van der Waals surface area contributed by atoms with Gasteiger partial charge in [-0.25, -0.2) is 9.78 Å². The number of carbonyl (C=O) groups is 2. The highest BCUT2D eigenvalue weighted by Crippen LogP contribution is 2.27. The highest BCUT2D eigenvalue weighted by atomic mass is 16.5. The molecular formula is C16H20N4O4. The molecule has 3 heterocycles. The zero-order chi connectivity index (χ0) is 17.6. The number of ether oxygens (including phenoxy) is 1. The van der Waals surface area contributed by atoms with E-state index in [2.05, 4.69) is 10.1 Å². The van der Waals surface area contributed by atoms with E-state index in [0.717, 1.165) is 0 Å². The molecule has 1 aliphatic heterocycles. The maximum absolute atomic E-state index is 13.1. The lowest BCUT2D eigenvalue weighted by atomic mass is 10.1. The molecule has 0 bridgehead atoms. The molecule has 8 nitrogen and oxygen atoms in total. The smallest absolute Gasteiger partial charge is 0.326 e. The van der Waals surface area contributed by atoms with Gasteiger partial charge in [0.2, 0.25) is 0 Å². The van der Waals surface area contributed by atoms with Gasteiger partial charge < -0.3 is 14.7 Å². The van der Waals surface area contributed by atoms with E-state index in [4.69, 9.17) is 4.74 Å². The lowest BCUT2D eigenvalue weighted by Crippen LogP contribution is -2.40. The monoisotopic (exact) mass is 332 g/mol. The number of amides is 1. The molecule has 24 heavy (non-hydrogen) atoms. The van der Waals surface area contributed by atoms with Crippen molar-refractivity contribution in [1.29, 1.82) is 0 Å². The van der Waals surface area contributed by atoms with Gasteiger partial charge in [0.05, 0.1) is 22.7 Å². The Morgan fingerprint density at radius 3 is 2.71 bits per heavy atom. The molecule has 2 aromatic heterocycles. The lowest BCUT2D eigenvalue weighted by Gasteiger charge is -2.22. The van der Waals surface area contributed by atoms with E-state index in [1.807, 2.05) is 6.92 Å². The first-order valence-electron chi connectivity index (χ1n) is 7.71. The van der Waals surface area contributed by atoms with Gasteiger partial charge in [-0.2, -0.15) is 5.10 Å². The number of methoxy groups -OCH3 is 1. The highest BCUT2D eigenvalue weighted by Gasteiger charge is 2.40. The SMILES string of the molecule is COC1CC(C(=O)O)N(C(=O)c2cc(C)nc3c2c(C)nn3C)C1. The average Bonchev–Trinajstić information content (AvgIpc) is 3.08. The maximum atomic E-state index is 13.1. The van der Waals surface area contributed by atoms with Crippen LogP contribution in [0, 0.1) is 13.8 Å². The molecule has 8 heteroatoms. The maximum Gasteiger partial charge on any atom is 0.326 e. The molecule has 1 amide bonds. The summed E-state index contributed by atoms with van der Waals surface area (Å²) in [5.41, 5.74) is 2.43. The largest absolute Gasteiger partial charge is 0.480 e. The molecule has 1 fully saturated rings. The van der Waals surface area contributed by atoms with Crippen molar-refractivity contribution in [1.82, 2.24) is 19.7 Å². The minimum Gasteiger partial charge on any atom is -0.480 e. The summed E-state index contributed by atoms with van der Waals surface area (Å²) in [6.07, 6.45) is 0.0139. The number of hydrogen-bond acceptors (Lipinski definition) is 5. The third-order valence-corrected chi connectivity index (χ3v) is 4.47. The Morgan fingerprint density at radius 1 is 1.38 bits per heavy atom. The number of rotatable bonds is 3. The molecule has 0 radical (unpaired) electrons. The average molecular weight is 332 g/mol. The molecule has 2 atom stereocenters. The van der Waals surface area contributed by atoms with Crippen LogP contribution in [-0.4, -0.2) is 62.4 Å². The lowest BCUT2D eigenvalue weighted by molar-refractivity contribution is -0.141. The zero-order valence-corrected chi connectivity index (χ0v) is 14.1. The minimum atomic E-state index is -1.02. The summed E-state index contributed by atoms with van der Waals surface area (Å²) in [6.45, 7) is 3.87. The molecular weight excluding hydrogens is 312 g/mol. The van der Waals surface area contributed by atoms with Crippen LogP contribution in [0.2, 0.25) is 0 Å². The van der Waals surface area contributed by atoms with E-state index in [0.29, 0.717) is 28.0 Å². The van der Waals surface area contributed by atoms with Gasteiger partial charge in [0, 0.05) is 32.8 Å². The van der Waals surface area contributed by atoms with E-state index >= 15 is 0 Å². The van der Waals surface area contributed by atoms with Crippen LogP contribution in [0.1, 0.15) is 28.2 Å². The summed E-state index contributed by atoms with van der Waals surface area (Å²) in [4.78, 5) is 30.4. The fraction of sp³-hybridized carbons (Fsp3) is 0.500. The first-order chi connectivity index (χ1) is 11.3. The van der Waals surface area contributed by atoms with E-state index in [1.54, 1.807) is 24.7 Å². The van der Waals surface area contributed by atoms with Crippen LogP contribution in [0.4, 0.5) is 0 Å². The molecule has 0 spiro atoms. The Balaban J connectivity index is 2.10. The van der Waals surface area contributed by atoms with Crippen LogP contribution in [0.15, 0.2) is 6.07 Å². The normalized spacial score (nSPS) is 20.8. The fourth-order valence-corrected chi connectivity index (χ4v) is 3.32. The number of aryl methyl sites for hydroxylation is 3. The predicted molar refractivity (Wildman–Crippen MR) is 85.9 cm³/mol. The number of carbonyl (C=O) groups excluding carboxylic acids is 1. The van der Waals surface area contributed by atoms with Crippen LogP contribution >= 0.6 is 0 Å². The number of carboxylic acid groups (broad SMARTS) is 1. The number of likely N-dealkylation sites (tertiary alicyclic amines) is 1. The van der Waals surface area contributed by atoms with E-state index in [9.17, 15) is 14.7 Å². The van der Waals surface area contributed by atoms with Crippen molar-refractivity contribution in [2.75, 3.05) is 13.7 Å². The van der Waals surface area contributed by atoms with Crippen molar-refractivity contribution < 1.29 is 19.4 Å². The van der Waals surface area contributed by atoms with E-state index in [1.165, 1.54) is 12.0 Å². The zero-order valence-electron chi connectivity index (χ0n) is 14.1. The van der Waals surface area contributed by atoms with Crippen LogP contribution in [0.3, 0.4) is 0 Å². The highest BCUT2D eigenvalue weighted by molar-refractivity contribution is 6.07. The van der Waals surface area contributed by atoms with Crippen molar-refractivity contribution in [3.63, 3.8) is 0 Å². The second kappa shape index (κ2) is 5.86. The molecule has 2 unspecified atom stereocenters. The van der Waals surface area contributed by atoms with Crippen molar-refractivity contribution in [2.45, 2.75) is 32.4 Å². The molecule has 3 rings (SSSR count). The third kappa shape index (κ3) is 2.52. The molecule has 1 aliphatic rings. The molecule has 0 saturated carbocycles. The first-order valence-corrected chi connectivity index (χ1v) is 7.71. The van der Waals surface area contributed by atoms with Crippen LogP contribution in [-0.2, 0) is 16.6 Å². The van der Waals surface area contributed by atoms with Crippen molar-refractivity contribution in [3.05, 3.63) is 23.0 Å². The summed E-state index contributed by atoms with van der Waals surface area (Å²) in [5.74, 6) is -1.35. The number of aliphatic carboxylic acids is 1. The van der Waals surface area contributed by atoms with E-state index in [-0.39, 0.29) is 25.0 Å².